The molecule has 1 saturated heterocycles. The number of aromatic nitrogens is 2. The van der Waals surface area contributed by atoms with Crippen LogP contribution in [0.4, 0.5) is 5.13 Å². The highest BCUT2D eigenvalue weighted by molar-refractivity contribution is 8.02. The van der Waals surface area contributed by atoms with Crippen molar-refractivity contribution in [2.45, 2.75) is 23.1 Å². The lowest BCUT2D eigenvalue weighted by Crippen LogP contribution is -2.52. The third kappa shape index (κ3) is 5.45. The fraction of sp³-hybridized carbons (Fsp3) is 0.333. The number of piperazine rings is 1. The smallest absolute Gasteiger partial charge is 0.289 e. The summed E-state index contributed by atoms with van der Waals surface area (Å²) in [5.41, 5.74) is 1.17. The summed E-state index contributed by atoms with van der Waals surface area (Å²) in [6, 6.07) is 13.4. The zero-order valence-electron chi connectivity index (χ0n) is 17.1. The minimum Gasteiger partial charge on any atom is -0.459 e. The number of hydrogen-bond acceptors (Lipinski definition) is 8. The van der Waals surface area contributed by atoms with Crippen LogP contribution in [0, 0.1) is 0 Å². The summed E-state index contributed by atoms with van der Waals surface area (Å²) in [5.74, 6) is 0.240. The van der Waals surface area contributed by atoms with Crippen LogP contribution in [0.15, 0.2) is 57.5 Å². The average Bonchev–Trinajstić information content (AvgIpc) is 3.50. The van der Waals surface area contributed by atoms with E-state index in [1.165, 1.54) is 34.9 Å². The summed E-state index contributed by atoms with van der Waals surface area (Å²) in [4.78, 5) is 28.7. The number of benzene rings is 1. The number of nitrogens with one attached hydrogen (secondary N) is 1. The summed E-state index contributed by atoms with van der Waals surface area (Å²) in [6.07, 6.45) is 1.49. The number of amides is 2. The van der Waals surface area contributed by atoms with Crippen LogP contribution >= 0.6 is 23.1 Å². The van der Waals surface area contributed by atoms with Crippen molar-refractivity contribution in [3.05, 3.63) is 60.1 Å². The van der Waals surface area contributed by atoms with Crippen LogP contribution in [0.5, 0.6) is 0 Å². The lowest BCUT2D eigenvalue weighted by Gasteiger charge is -2.35. The molecule has 0 saturated carbocycles. The van der Waals surface area contributed by atoms with E-state index in [2.05, 4.69) is 15.5 Å². The monoisotopic (exact) mass is 457 g/mol. The van der Waals surface area contributed by atoms with Crippen molar-refractivity contribution in [1.29, 1.82) is 0 Å². The van der Waals surface area contributed by atoms with Crippen LogP contribution in [0.3, 0.4) is 0 Å². The maximum Gasteiger partial charge on any atom is 0.289 e. The first-order valence-corrected chi connectivity index (χ1v) is 11.7. The van der Waals surface area contributed by atoms with E-state index in [0.717, 1.165) is 9.47 Å². The van der Waals surface area contributed by atoms with Gasteiger partial charge < -0.3 is 19.5 Å². The highest BCUT2D eigenvalue weighted by Gasteiger charge is 2.29. The fourth-order valence-electron chi connectivity index (χ4n) is 3.25. The fourth-order valence-corrected chi connectivity index (χ4v) is 5.22. The van der Waals surface area contributed by atoms with Gasteiger partial charge in [-0.05, 0) is 24.6 Å². The Labute approximate surface area is 188 Å². The standard InChI is InChI=1S/C21H23N5O3S2/c1-15(30-21-24-23-20(31-21)22-14-16-6-3-2-4-7-16)18(27)25-9-11-26(12-10-25)19(28)17-8-5-13-29-17/h2-8,13,15H,9-12,14H2,1H3,(H,22,23)/t15-/m0/s1. The second-order valence-corrected chi connectivity index (χ2v) is 9.63. The zero-order chi connectivity index (χ0) is 21.6. The van der Waals surface area contributed by atoms with E-state index in [9.17, 15) is 9.59 Å². The van der Waals surface area contributed by atoms with Crippen molar-refractivity contribution in [2.75, 3.05) is 31.5 Å². The molecule has 4 rings (SSSR count). The molecule has 1 atom stereocenters. The number of furan rings is 1. The molecule has 8 nitrogen and oxygen atoms in total. The van der Waals surface area contributed by atoms with E-state index in [-0.39, 0.29) is 17.1 Å². The van der Waals surface area contributed by atoms with Gasteiger partial charge in [0.05, 0.1) is 11.5 Å². The van der Waals surface area contributed by atoms with Crippen molar-refractivity contribution in [3.8, 4) is 0 Å². The lowest BCUT2D eigenvalue weighted by atomic mass is 10.2. The summed E-state index contributed by atoms with van der Waals surface area (Å²) >= 11 is 2.85. The van der Waals surface area contributed by atoms with Gasteiger partial charge in [-0.1, -0.05) is 53.4 Å². The minimum atomic E-state index is -0.276. The molecule has 0 spiro atoms. The molecular weight excluding hydrogens is 434 g/mol. The van der Waals surface area contributed by atoms with Crippen molar-refractivity contribution < 1.29 is 14.0 Å². The number of hydrogen-bond donors (Lipinski definition) is 1. The highest BCUT2D eigenvalue weighted by atomic mass is 32.2. The highest BCUT2D eigenvalue weighted by Crippen LogP contribution is 2.30. The number of carbonyl (C=O) groups excluding carboxylic acids is 2. The first-order valence-electron chi connectivity index (χ1n) is 9.99. The third-order valence-electron chi connectivity index (χ3n) is 4.93. The predicted octanol–water partition coefficient (Wildman–Crippen LogP) is 3.21. The average molecular weight is 458 g/mol. The molecule has 162 valence electrons. The van der Waals surface area contributed by atoms with Crippen LogP contribution in [-0.2, 0) is 11.3 Å². The van der Waals surface area contributed by atoms with Gasteiger partial charge >= 0.3 is 0 Å². The van der Waals surface area contributed by atoms with Gasteiger partial charge in [0.2, 0.25) is 11.0 Å². The van der Waals surface area contributed by atoms with E-state index >= 15 is 0 Å². The summed E-state index contributed by atoms with van der Waals surface area (Å²) < 4.78 is 5.93. The van der Waals surface area contributed by atoms with E-state index in [1.807, 2.05) is 37.3 Å². The summed E-state index contributed by atoms with van der Waals surface area (Å²) in [6.45, 7) is 4.57. The molecule has 2 amide bonds. The molecule has 3 aromatic rings. The summed E-state index contributed by atoms with van der Waals surface area (Å²) in [5, 5.41) is 12.1. The largest absolute Gasteiger partial charge is 0.459 e. The molecule has 0 unspecified atom stereocenters. The molecule has 0 bridgehead atoms. The van der Waals surface area contributed by atoms with Crippen LogP contribution in [0.25, 0.3) is 0 Å². The van der Waals surface area contributed by atoms with Crippen LogP contribution < -0.4 is 5.32 Å². The molecule has 1 fully saturated rings. The van der Waals surface area contributed by atoms with E-state index in [1.54, 1.807) is 21.9 Å². The van der Waals surface area contributed by atoms with Gasteiger partial charge in [0.1, 0.15) is 0 Å². The second-order valence-electron chi connectivity index (χ2n) is 7.07. The number of thioether (sulfide) groups is 1. The Balaban J connectivity index is 1.24. The molecule has 1 aromatic carbocycles. The Morgan fingerprint density at radius 2 is 1.84 bits per heavy atom. The number of rotatable bonds is 7. The Kier molecular flexibility index (Phi) is 6.88. The molecule has 2 aromatic heterocycles. The van der Waals surface area contributed by atoms with Crippen molar-refractivity contribution in [2.24, 2.45) is 0 Å². The summed E-state index contributed by atoms with van der Waals surface area (Å²) in [7, 11) is 0. The van der Waals surface area contributed by atoms with Gasteiger partial charge in [-0.25, -0.2) is 0 Å². The van der Waals surface area contributed by atoms with Gasteiger partial charge in [-0.3, -0.25) is 9.59 Å². The third-order valence-corrected chi connectivity index (χ3v) is 6.98. The number of carbonyl (C=O) groups is 2. The molecule has 3 heterocycles. The van der Waals surface area contributed by atoms with Crippen LogP contribution in [0.2, 0.25) is 0 Å². The molecule has 10 heteroatoms. The maximum absolute atomic E-state index is 12.8. The van der Waals surface area contributed by atoms with E-state index < -0.39 is 0 Å². The molecule has 1 aliphatic heterocycles. The van der Waals surface area contributed by atoms with Gasteiger partial charge in [-0.15, -0.1) is 10.2 Å². The minimum absolute atomic E-state index is 0.0455. The van der Waals surface area contributed by atoms with Crippen LogP contribution in [-0.4, -0.2) is 63.2 Å². The molecule has 0 aliphatic carbocycles. The molecule has 1 aliphatic rings. The van der Waals surface area contributed by atoms with Crippen molar-refractivity contribution in [3.63, 3.8) is 0 Å². The Bertz CT molecular complexity index is 1000. The first-order chi connectivity index (χ1) is 15.1. The van der Waals surface area contributed by atoms with Gasteiger partial charge in [-0.2, -0.15) is 0 Å². The topological polar surface area (TPSA) is 91.6 Å². The lowest BCUT2D eigenvalue weighted by molar-refractivity contribution is -0.131. The molecule has 0 radical (unpaired) electrons. The number of anilines is 1. The quantitative estimate of drug-likeness (QED) is 0.545. The van der Waals surface area contributed by atoms with Gasteiger partial charge in [0.25, 0.3) is 5.91 Å². The molecule has 1 N–H and O–H groups in total. The SMILES string of the molecule is C[C@H](Sc1nnc(NCc2ccccc2)s1)C(=O)N1CCN(C(=O)c2ccco2)CC1. The predicted molar refractivity (Wildman–Crippen MR) is 120 cm³/mol. The number of nitrogens with zero attached hydrogens (tertiary/aromatic N) is 4. The Morgan fingerprint density at radius 1 is 1.10 bits per heavy atom. The molecular formula is C21H23N5O3S2. The van der Waals surface area contributed by atoms with E-state index in [4.69, 9.17) is 4.42 Å². The van der Waals surface area contributed by atoms with Crippen molar-refractivity contribution in [1.82, 2.24) is 20.0 Å². The zero-order valence-corrected chi connectivity index (χ0v) is 18.7. The van der Waals surface area contributed by atoms with Crippen molar-refractivity contribution >= 4 is 40.0 Å². The maximum atomic E-state index is 12.8. The van der Waals surface area contributed by atoms with Gasteiger partial charge in [0.15, 0.2) is 10.1 Å². The normalized spacial score (nSPS) is 15.0. The Morgan fingerprint density at radius 3 is 2.55 bits per heavy atom. The Hall–Kier alpha value is -2.85. The molecule has 31 heavy (non-hydrogen) atoms. The van der Waals surface area contributed by atoms with Gasteiger partial charge in [0, 0.05) is 32.7 Å². The first kappa shape index (κ1) is 21.4. The van der Waals surface area contributed by atoms with E-state index in [0.29, 0.717) is 38.5 Å². The second kappa shape index (κ2) is 9.97. The van der Waals surface area contributed by atoms with Crippen LogP contribution in [0.1, 0.15) is 23.0 Å².